The Bertz CT molecular complexity index is 560. The van der Waals surface area contributed by atoms with Crippen molar-refractivity contribution < 1.29 is 9.90 Å². The van der Waals surface area contributed by atoms with E-state index in [4.69, 9.17) is 5.11 Å². The van der Waals surface area contributed by atoms with Gasteiger partial charge in [-0.3, -0.25) is 4.79 Å². The lowest BCUT2D eigenvalue weighted by molar-refractivity contribution is 0.0697. The number of nitrogens with zero attached hydrogens (tertiary/aromatic N) is 1. The predicted octanol–water partition coefficient (Wildman–Crippen LogP) is 2.60. The van der Waals surface area contributed by atoms with Gasteiger partial charge < -0.3 is 10.0 Å². The minimum absolute atomic E-state index is 0.0477. The van der Waals surface area contributed by atoms with Crippen LogP contribution in [0.4, 0.5) is 0 Å². The molecule has 2 rings (SSSR count). The highest BCUT2D eigenvalue weighted by molar-refractivity contribution is 5.97. The Balaban J connectivity index is 2.22. The summed E-state index contributed by atoms with van der Waals surface area (Å²) in [5, 5.41) is 8.83. The van der Waals surface area contributed by atoms with E-state index in [2.05, 4.69) is 18.8 Å². The summed E-state index contributed by atoms with van der Waals surface area (Å²) in [5.41, 5.74) is 2.54. The first-order valence-electron chi connectivity index (χ1n) is 7.61. The van der Waals surface area contributed by atoms with Gasteiger partial charge in [0.2, 0.25) is 0 Å². The lowest BCUT2D eigenvalue weighted by Crippen LogP contribution is -2.38. The highest BCUT2D eigenvalue weighted by Crippen LogP contribution is 2.20. The molecule has 1 heterocycles. The van der Waals surface area contributed by atoms with E-state index in [-0.39, 0.29) is 12.5 Å². The van der Waals surface area contributed by atoms with Gasteiger partial charge in [0, 0.05) is 25.1 Å². The summed E-state index contributed by atoms with van der Waals surface area (Å²) in [7, 11) is 0. The van der Waals surface area contributed by atoms with Crippen LogP contribution in [0.1, 0.15) is 47.7 Å². The van der Waals surface area contributed by atoms with Crippen LogP contribution in [0.25, 0.3) is 0 Å². The molecule has 0 aliphatic carbocycles. The van der Waals surface area contributed by atoms with Crippen LogP contribution in [0.5, 0.6) is 0 Å². The average Bonchev–Trinajstić information content (AvgIpc) is 2.48. The topological polar surface area (TPSA) is 40.5 Å². The molecule has 0 aromatic heterocycles. The van der Waals surface area contributed by atoms with E-state index >= 15 is 0 Å². The van der Waals surface area contributed by atoms with E-state index in [1.165, 1.54) is 0 Å². The van der Waals surface area contributed by atoms with Crippen molar-refractivity contribution in [2.75, 3.05) is 19.7 Å². The van der Waals surface area contributed by atoms with Gasteiger partial charge in [0.25, 0.3) is 5.91 Å². The first kappa shape index (κ1) is 15.6. The Kier molecular flexibility index (Phi) is 5.41. The van der Waals surface area contributed by atoms with Crippen LogP contribution >= 0.6 is 0 Å². The molecule has 1 aliphatic heterocycles. The number of aryl methyl sites for hydroxylation is 1. The fraction of sp³-hybridized carbons (Fsp3) is 0.500. The van der Waals surface area contributed by atoms with E-state index < -0.39 is 0 Å². The highest BCUT2D eigenvalue weighted by Gasteiger charge is 2.22. The number of likely N-dealkylation sites (tertiary alicyclic amines) is 1. The van der Waals surface area contributed by atoms with Gasteiger partial charge >= 0.3 is 0 Å². The zero-order chi connectivity index (χ0) is 15.2. The number of carbonyl (C=O) groups is 1. The van der Waals surface area contributed by atoms with Gasteiger partial charge in [-0.05, 0) is 43.4 Å². The summed E-state index contributed by atoms with van der Waals surface area (Å²) < 4.78 is 0. The van der Waals surface area contributed by atoms with Crippen LogP contribution in [0.2, 0.25) is 0 Å². The molecule has 1 N–H and O–H groups in total. The van der Waals surface area contributed by atoms with Crippen molar-refractivity contribution in [3.8, 4) is 11.8 Å². The lowest BCUT2D eigenvalue weighted by atomic mass is 9.97. The average molecular weight is 285 g/mol. The zero-order valence-electron chi connectivity index (χ0n) is 12.9. The van der Waals surface area contributed by atoms with E-state index in [1.807, 2.05) is 30.0 Å². The smallest absolute Gasteiger partial charge is 0.255 e. The van der Waals surface area contributed by atoms with Gasteiger partial charge in [0.05, 0.1) is 12.2 Å². The number of hydrogen-bond acceptors (Lipinski definition) is 2. The number of aliphatic hydroxyl groups is 1. The molecular weight excluding hydrogens is 262 g/mol. The molecule has 1 saturated heterocycles. The molecular formula is C18H23NO2. The Morgan fingerprint density at radius 2 is 2.10 bits per heavy atom. The van der Waals surface area contributed by atoms with Crippen LogP contribution < -0.4 is 0 Å². The summed E-state index contributed by atoms with van der Waals surface area (Å²) in [6.45, 7) is 5.94. The number of benzene rings is 1. The van der Waals surface area contributed by atoms with Crippen LogP contribution in [0.15, 0.2) is 18.2 Å². The second-order valence-corrected chi connectivity index (χ2v) is 5.80. The number of piperidine rings is 1. The third-order valence-corrected chi connectivity index (χ3v) is 3.94. The van der Waals surface area contributed by atoms with Crippen molar-refractivity contribution in [1.29, 1.82) is 0 Å². The zero-order valence-corrected chi connectivity index (χ0v) is 12.9. The summed E-state index contributed by atoms with van der Waals surface area (Å²) in [4.78, 5) is 14.6. The molecule has 0 unspecified atom stereocenters. The largest absolute Gasteiger partial charge is 0.395 e. The monoisotopic (exact) mass is 285 g/mol. The first-order valence-corrected chi connectivity index (χ1v) is 7.61. The van der Waals surface area contributed by atoms with Gasteiger partial charge in [-0.2, -0.15) is 0 Å². The number of hydrogen-bond donors (Lipinski definition) is 1. The molecule has 1 aromatic carbocycles. The lowest BCUT2D eigenvalue weighted by Gasteiger charge is -2.30. The Hall–Kier alpha value is -1.79. The molecule has 1 aromatic rings. The number of rotatable bonds is 2. The molecule has 1 aliphatic rings. The van der Waals surface area contributed by atoms with E-state index in [0.29, 0.717) is 17.9 Å². The minimum Gasteiger partial charge on any atom is -0.395 e. The summed E-state index contributed by atoms with van der Waals surface area (Å²) in [6, 6.07) is 5.78. The van der Waals surface area contributed by atoms with Crippen LogP contribution in [0, 0.1) is 24.7 Å². The van der Waals surface area contributed by atoms with Crippen molar-refractivity contribution in [2.24, 2.45) is 5.92 Å². The highest BCUT2D eigenvalue weighted by atomic mass is 16.2. The van der Waals surface area contributed by atoms with Crippen molar-refractivity contribution in [2.45, 2.75) is 33.1 Å². The van der Waals surface area contributed by atoms with Gasteiger partial charge in [-0.25, -0.2) is 0 Å². The minimum atomic E-state index is 0.0477. The molecule has 0 saturated carbocycles. The molecule has 1 fully saturated rings. The fourth-order valence-corrected chi connectivity index (χ4v) is 2.54. The summed E-state index contributed by atoms with van der Waals surface area (Å²) >= 11 is 0. The van der Waals surface area contributed by atoms with Gasteiger partial charge in [-0.1, -0.05) is 24.8 Å². The molecule has 3 heteroatoms. The Morgan fingerprint density at radius 1 is 1.38 bits per heavy atom. The van der Waals surface area contributed by atoms with Crippen molar-refractivity contribution in [3.05, 3.63) is 34.9 Å². The maximum Gasteiger partial charge on any atom is 0.255 e. The molecule has 0 radical (unpaired) electrons. The maximum atomic E-state index is 12.7. The standard InChI is InChI=1S/C18H23NO2/c1-14-8-10-19(11-9-14)18(21)17-7-6-15(2)13-16(17)5-3-4-12-20/h6-7,13-14,20H,4,8-12H2,1-2H3. The summed E-state index contributed by atoms with van der Waals surface area (Å²) in [6.07, 6.45) is 2.58. The Morgan fingerprint density at radius 3 is 2.76 bits per heavy atom. The van der Waals surface area contributed by atoms with E-state index in [0.717, 1.165) is 37.1 Å². The predicted molar refractivity (Wildman–Crippen MR) is 84.1 cm³/mol. The van der Waals surface area contributed by atoms with Gasteiger partial charge in [0.15, 0.2) is 0 Å². The quantitative estimate of drug-likeness (QED) is 0.849. The maximum absolute atomic E-state index is 12.7. The molecule has 21 heavy (non-hydrogen) atoms. The van der Waals surface area contributed by atoms with Crippen molar-refractivity contribution in [3.63, 3.8) is 0 Å². The number of aliphatic hydroxyl groups excluding tert-OH is 1. The normalized spacial score (nSPS) is 15.5. The molecule has 0 spiro atoms. The van der Waals surface area contributed by atoms with Crippen LogP contribution in [-0.4, -0.2) is 35.6 Å². The van der Waals surface area contributed by atoms with E-state index in [9.17, 15) is 4.79 Å². The molecule has 1 amide bonds. The fourth-order valence-electron chi connectivity index (χ4n) is 2.54. The van der Waals surface area contributed by atoms with Crippen LogP contribution in [0.3, 0.4) is 0 Å². The second-order valence-electron chi connectivity index (χ2n) is 5.80. The third kappa shape index (κ3) is 4.09. The Labute approximate surface area is 127 Å². The molecule has 112 valence electrons. The SMILES string of the molecule is Cc1ccc(C(=O)N2CCC(C)CC2)c(C#CCCO)c1. The van der Waals surface area contributed by atoms with E-state index in [1.54, 1.807) is 0 Å². The van der Waals surface area contributed by atoms with Crippen molar-refractivity contribution in [1.82, 2.24) is 4.90 Å². The second kappa shape index (κ2) is 7.28. The van der Waals surface area contributed by atoms with Gasteiger partial charge in [-0.15, -0.1) is 0 Å². The number of carbonyl (C=O) groups excluding carboxylic acids is 1. The molecule has 0 bridgehead atoms. The first-order chi connectivity index (χ1) is 10.1. The third-order valence-electron chi connectivity index (χ3n) is 3.94. The molecule has 3 nitrogen and oxygen atoms in total. The summed E-state index contributed by atoms with van der Waals surface area (Å²) in [5.74, 6) is 6.72. The van der Waals surface area contributed by atoms with Crippen LogP contribution in [-0.2, 0) is 0 Å². The van der Waals surface area contributed by atoms with Gasteiger partial charge in [0.1, 0.15) is 0 Å². The van der Waals surface area contributed by atoms with Crippen molar-refractivity contribution >= 4 is 5.91 Å². The number of amides is 1. The molecule has 0 atom stereocenters.